The third-order valence-corrected chi connectivity index (χ3v) is 7.59. The Balaban J connectivity index is 1.83. The molecule has 0 radical (unpaired) electrons. The lowest BCUT2D eigenvalue weighted by Gasteiger charge is -2.18. The Bertz CT molecular complexity index is 1020. The van der Waals surface area contributed by atoms with Gasteiger partial charge >= 0.3 is 0 Å². The van der Waals surface area contributed by atoms with Gasteiger partial charge in [-0.3, -0.25) is 4.79 Å². The number of rotatable bonds is 8. The first-order valence-corrected chi connectivity index (χ1v) is 12.1. The molecule has 0 aliphatic rings. The molecule has 0 saturated heterocycles. The number of thiophene rings is 1. The van der Waals surface area contributed by atoms with Gasteiger partial charge in [0.05, 0.1) is 0 Å². The zero-order chi connectivity index (χ0) is 20.0. The summed E-state index contributed by atoms with van der Waals surface area (Å²) in [6.45, 7) is 0. The van der Waals surface area contributed by atoms with Crippen molar-refractivity contribution >= 4 is 44.7 Å². The number of nitrogens with one attached hydrogen (secondary N) is 2. The highest BCUT2D eigenvalue weighted by Gasteiger charge is 2.26. The maximum Gasteiger partial charge on any atom is 0.250 e. The van der Waals surface area contributed by atoms with Crippen molar-refractivity contribution in [3.05, 3.63) is 77.7 Å². The monoisotopic (exact) mass is 432 g/mol. The van der Waals surface area contributed by atoms with E-state index in [1.807, 2.05) is 54.8 Å². The molecule has 1 heterocycles. The lowest BCUT2D eigenvalue weighted by atomic mass is 10.1. The molecule has 3 rings (SSSR count). The topological polar surface area (TPSA) is 75.3 Å². The average molecular weight is 433 g/mol. The summed E-state index contributed by atoms with van der Waals surface area (Å²) >= 11 is 2.68. The first-order chi connectivity index (χ1) is 13.5. The van der Waals surface area contributed by atoms with Gasteiger partial charge in [-0.25, -0.2) is 8.42 Å². The quantitative estimate of drug-likeness (QED) is 0.528. The maximum absolute atomic E-state index is 12.9. The second-order valence-corrected chi connectivity index (χ2v) is 9.79. The van der Waals surface area contributed by atoms with Gasteiger partial charge in [-0.2, -0.15) is 4.72 Å². The summed E-state index contributed by atoms with van der Waals surface area (Å²) in [5.41, 5.74) is 1.50. The van der Waals surface area contributed by atoms with Crippen LogP contribution in [0.3, 0.4) is 0 Å². The van der Waals surface area contributed by atoms with E-state index in [-0.39, 0.29) is 10.6 Å². The molecule has 0 unspecified atom stereocenters. The molecule has 1 aromatic heterocycles. The van der Waals surface area contributed by atoms with E-state index in [1.165, 1.54) is 6.07 Å². The molecule has 5 nitrogen and oxygen atoms in total. The fourth-order valence-electron chi connectivity index (χ4n) is 2.63. The van der Waals surface area contributed by atoms with E-state index >= 15 is 0 Å². The number of sulfonamides is 1. The molecule has 0 aliphatic heterocycles. The van der Waals surface area contributed by atoms with Crippen LogP contribution in [0.15, 0.2) is 81.2 Å². The number of anilines is 1. The van der Waals surface area contributed by atoms with Crippen molar-refractivity contribution in [2.45, 2.75) is 21.6 Å². The molecule has 146 valence electrons. The molecule has 2 aromatic carbocycles. The van der Waals surface area contributed by atoms with Crippen molar-refractivity contribution in [1.82, 2.24) is 4.72 Å². The number of hydrogen-bond donors (Lipinski definition) is 2. The number of hydrogen-bond acceptors (Lipinski definition) is 5. The van der Waals surface area contributed by atoms with Crippen molar-refractivity contribution in [1.29, 1.82) is 0 Å². The molecule has 2 N–H and O–H groups in total. The first kappa shape index (κ1) is 20.6. The summed E-state index contributed by atoms with van der Waals surface area (Å²) in [6, 6.07) is 19.0. The van der Waals surface area contributed by atoms with Gasteiger partial charge in [-0.1, -0.05) is 42.5 Å². The smallest absolute Gasteiger partial charge is 0.250 e. The summed E-state index contributed by atoms with van der Waals surface area (Å²) in [5, 5.41) is 4.52. The number of benzene rings is 2. The van der Waals surface area contributed by atoms with Crippen LogP contribution in [0.1, 0.15) is 5.56 Å². The van der Waals surface area contributed by atoms with Crippen molar-refractivity contribution in [3.63, 3.8) is 0 Å². The SMILES string of the molecule is CSc1cccc(NC(=O)[C@H](Cc2ccccc2)NS(=O)(=O)c2cccs2)c1. The number of carbonyl (C=O) groups excluding carboxylic acids is 1. The average Bonchev–Trinajstić information content (AvgIpc) is 3.24. The Labute approximate surface area is 173 Å². The van der Waals surface area contributed by atoms with Crippen LogP contribution >= 0.6 is 23.1 Å². The summed E-state index contributed by atoms with van der Waals surface area (Å²) < 4.78 is 28.1. The Hall–Kier alpha value is -2.13. The number of thioether (sulfide) groups is 1. The minimum absolute atomic E-state index is 0.183. The Morgan fingerprint density at radius 1 is 1.07 bits per heavy atom. The van der Waals surface area contributed by atoms with Gasteiger partial charge in [0.25, 0.3) is 10.0 Å². The molecular formula is C20H20N2O3S3. The molecule has 28 heavy (non-hydrogen) atoms. The highest BCUT2D eigenvalue weighted by Crippen LogP contribution is 2.20. The molecule has 8 heteroatoms. The van der Waals surface area contributed by atoms with Crippen LogP contribution in [0.4, 0.5) is 5.69 Å². The van der Waals surface area contributed by atoms with Crippen molar-refractivity contribution in [3.8, 4) is 0 Å². The van der Waals surface area contributed by atoms with E-state index in [2.05, 4.69) is 10.0 Å². The van der Waals surface area contributed by atoms with Gasteiger partial charge in [-0.15, -0.1) is 23.1 Å². The molecule has 1 amide bonds. The molecule has 0 fully saturated rings. The maximum atomic E-state index is 12.9. The summed E-state index contributed by atoms with van der Waals surface area (Å²) in [7, 11) is -3.78. The molecular weight excluding hydrogens is 412 g/mol. The van der Waals surface area contributed by atoms with Crippen LogP contribution in [0.5, 0.6) is 0 Å². The van der Waals surface area contributed by atoms with Crippen molar-refractivity contribution in [2.75, 3.05) is 11.6 Å². The molecule has 0 bridgehead atoms. The Kier molecular flexibility index (Phi) is 6.90. The summed E-state index contributed by atoms with van der Waals surface area (Å²) in [5.74, 6) is -0.401. The highest BCUT2D eigenvalue weighted by atomic mass is 32.2. The third-order valence-electron chi connectivity index (χ3n) is 3.99. The van der Waals surface area contributed by atoms with Gasteiger partial charge in [0, 0.05) is 10.6 Å². The second kappa shape index (κ2) is 9.38. The van der Waals surface area contributed by atoms with E-state index in [1.54, 1.807) is 29.3 Å². The van der Waals surface area contributed by atoms with Gasteiger partial charge < -0.3 is 5.32 Å². The van der Waals surface area contributed by atoms with E-state index in [0.717, 1.165) is 21.8 Å². The number of amides is 1. The van der Waals surface area contributed by atoms with Crippen LogP contribution in [-0.4, -0.2) is 26.6 Å². The molecule has 0 saturated carbocycles. The van der Waals surface area contributed by atoms with Crippen LogP contribution in [0, 0.1) is 0 Å². The first-order valence-electron chi connectivity index (χ1n) is 8.52. The summed E-state index contributed by atoms with van der Waals surface area (Å²) in [4.78, 5) is 13.9. The van der Waals surface area contributed by atoms with Gasteiger partial charge in [-0.05, 0) is 47.9 Å². The zero-order valence-corrected chi connectivity index (χ0v) is 17.6. The Morgan fingerprint density at radius 3 is 2.54 bits per heavy atom. The van der Waals surface area contributed by atoms with E-state index in [9.17, 15) is 13.2 Å². The van der Waals surface area contributed by atoms with Crippen LogP contribution in [-0.2, 0) is 21.2 Å². The van der Waals surface area contributed by atoms with Crippen molar-refractivity contribution in [2.24, 2.45) is 0 Å². The molecule has 0 spiro atoms. The minimum atomic E-state index is -3.78. The fraction of sp³-hybridized carbons (Fsp3) is 0.150. The standard InChI is InChI=1S/C20H20N2O3S3/c1-26-17-10-5-9-16(14-17)21-20(23)18(13-15-7-3-2-4-8-15)22-28(24,25)19-11-6-12-27-19/h2-12,14,18,22H,13H2,1H3,(H,21,23)/t18-/m0/s1. The highest BCUT2D eigenvalue weighted by molar-refractivity contribution is 7.98. The van der Waals surface area contributed by atoms with E-state index in [4.69, 9.17) is 0 Å². The lowest BCUT2D eigenvalue weighted by Crippen LogP contribution is -2.45. The van der Waals surface area contributed by atoms with Crippen LogP contribution < -0.4 is 10.0 Å². The van der Waals surface area contributed by atoms with E-state index < -0.39 is 22.0 Å². The van der Waals surface area contributed by atoms with Crippen LogP contribution in [0.25, 0.3) is 0 Å². The third kappa shape index (κ3) is 5.45. The zero-order valence-electron chi connectivity index (χ0n) is 15.2. The second-order valence-electron chi connectivity index (χ2n) is 6.02. The molecule has 0 aliphatic carbocycles. The van der Waals surface area contributed by atoms with Crippen LogP contribution in [0.2, 0.25) is 0 Å². The minimum Gasteiger partial charge on any atom is -0.325 e. The van der Waals surface area contributed by atoms with Gasteiger partial charge in [0.15, 0.2) is 0 Å². The van der Waals surface area contributed by atoms with Gasteiger partial charge in [0.2, 0.25) is 5.91 Å². The lowest BCUT2D eigenvalue weighted by molar-refractivity contribution is -0.117. The van der Waals surface area contributed by atoms with Crippen molar-refractivity contribution < 1.29 is 13.2 Å². The predicted molar refractivity (Wildman–Crippen MR) is 115 cm³/mol. The number of carbonyl (C=O) groups is 1. The Morgan fingerprint density at radius 2 is 1.86 bits per heavy atom. The predicted octanol–water partition coefficient (Wildman–Crippen LogP) is 4.00. The summed E-state index contributed by atoms with van der Waals surface area (Å²) in [6.07, 6.45) is 2.20. The largest absolute Gasteiger partial charge is 0.325 e. The molecule has 1 atom stereocenters. The van der Waals surface area contributed by atoms with Gasteiger partial charge in [0.1, 0.15) is 10.3 Å². The fourth-order valence-corrected chi connectivity index (χ4v) is 5.29. The normalized spacial score (nSPS) is 12.5. The van der Waals surface area contributed by atoms with E-state index in [0.29, 0.717) is 5.69 Å². The molecule has 3 aromatic rings.